The van der Waals surface area contributed by atoms with Gasteiger partial charge in [-0.25, -0.2) is 4.98 Å². The van der Waals surface area contributed by atoms with Crippen molar-refractivity contribution in [2.75, 3.05) is 6.61 Å². The quantitative estimate of drug-likeness (QED) is 0.653. The standard InChI is InChI=1S/C12H12N2O/c1-9-8-15-11-5-3-2-4-10(11)12-13-6-7-14(9)12/h2-7,9H,8H2,1H3. The van der Waals surface area contributed by atoms with Crippen molar-refractivity contribution in [3.05, 3.63) is 36.7 Å². The molecule has 3 nitrogen and oxygen atoms in total. The minimum atomic E-state index is 0.329. The van der Waals surface area contributed by atoms with Gasteiger partial charge in [0.25, 0.3) is 0 Å². The first-order valence-corrected chi connectivity index (χ1v) is 5.11. The number of para-hydroxylation sites is 1. The van der Waals surface area contributed by atoms with E-state index in [1.165, 1.54) is 0 Å². The van der Waals surface area contributed by atoms with E-state index in [0.29, 0.717) is 12.6 Å². The Balaban J connectivity index is 2.26. The summed E-state index contributed by atoms with van der Waals surface area (Å²) in [5, 5.41) is 0. The average Bonchev–Trinajstić information content (AvgIpc) is 2.71. The number of fused-ring (bicyclic) bond motifs is 3. The van der Waals surface area contributed by atoms with Gasteiger partial charge in [0.05, 0.1) is 11.6 Å². The topological polar surface area (TPSA) is 27.1 Å². The van der Waals surface area contributed by atoms with Crippen LogP contribution in [-0.4, -0.2) is 16.2 Å². The van der Waals surface area contributed by atoms with Crippen LogP contribution < -0.4 is 4.74 Å². The number of imidazole rings is 1. The van der Waals surface area contributed by atoms with Gasteiger partial charge < -0.3 is 9.30 Å². The molecule has 1 aliphatic heterocycles. The number of ether oxygens (including phenoxy) is 1. The molecule has 3 heteroatoms. The highest BCUT2D eigenvalue weighted by Crippen LogP contribution is 2.33. The minimum absolute atomic E-state index is 0.329. The van der Waals surface area contributed by atoms with Crippen LogP contribution in [0.4, 0.5) is 0 Å². The summed E-state index contributed by atoms with van der Waals surface area (Å²) < 4.78 is 7.90. The van der Waals surface area contributed by atoms with Gasteiger partial charge in [-0.15, -0.1) is 0 Å². The van der Waals surface area contributed by atoms with Crippen molar-refractivity contribution in [1.29, 1.82) is 0 Å². The van der Waals surface area contributed by atoms with Crippen LogP contribution >= 0.6 is 0 Å². The van der Waals surface area contributed by atoms with E-state index >= 15 is 0 Å². The Morgan fingerprint density at radius 3 is 3.20 bits per heavy atom. The van der Waals surface area contributed by atoms with E-state index < -0.39 is 0 Å². The Bertz CT molecular complexity index is 490. The van der Waals surface area contributed by atoms with Crippen LogP contribution in [0.25, 0.3) is 11.4 Å². The van der Waals surface area contributed by atoms with Gasteiger partial charge in [0.15, 0.2) is 0 Å². The predicted molar refractivity (Wildman–Crippen MR) is 57.9 cm³/mol. The van der Waals surface area contributed by atoms with Crippen molar-refractivity contribution >= 4 is 0 Å². The Morgan fingerprint density at radius 1 is 1.40 bits per heavy atom. The third-order valence-corrected chi connectivity index (χ3v) is 2.75. The molecule has 15 heavy (non-hydrogen) atoms. The molecule has 76 valence electrons. The van der Waals surface area contributed by atoms with Gasteiger partial charge in [0, 0.05) is 12.4 Å². The molecule has 0 N–H and O–H groups in total. The molecule has 0 saturated heterocycles. The first kappa shape index (κ1) is 8.53. The van der Waals surface area contributed by atoms with Crippen molar-refractivity contribution in [3.63, 3.8) is 0 Å². The van der Waals surface area contributed by atoms with E-state index in [1.807, 2.05) is 36.7 Å². The van der Waals surface area contributed by atoms with E-state index in [-0.39, 0.29) is 0 Å². The maximum Gasteiger partial charge on any atom is 0.144 e. The molecule has 0 bridgehead atoms. The molecule has 0 saturated carbocycles. The highest BCUT2D eigenvalue weighted by atomic mass is 16.5. The Morgan fingerprint density at radius 2 is 2.27 bits per heavy atom. The Kier molecular flexibility index (Phi) is 1.78. The lowest BCUT2D eigenvalue weighted by Crippen LogP contribution is -2.11. The molecule has 2 heterocycles. The van der Waals surface area contributed by atoms with Gasteiger partial charge >= 0.3 is 0 Å². The van der Waals surface area contributed by atoms with E-state index in [0.717, 1.165) is 17.1 Å². The van der Waals surface area contributed by atoms with Crippen LogP contribution in [0.5, 0.6) is 5.75 Å². The number of aromatic nitrogens is 2. The Hall–Kier alpha value is -1.77. The fraction of sp³-hybridized carbons (Fsp3) is 0.250. The first-order valence-electron chi connectivity index (χ1n) is 5.11. The number of hydrogen-bond donors (Lipinski definition) is 0. The van der Waals surface area contributed by atoms with Gasteiger partial charge in [-0.2, -0.15) is 0 Å². The van der Waals surface area contributed by atoms with E-state index in [1.54, 1.807) is 0 Å². The van der Waals surface area contributed by atoms with Gasteiger partial charge in [-0.05, 0) is 19.1 Å². The molecule has 0 spiro atoms. The van der Waals surface area contributed by atoms with Crippen LogP contribution in [0.15, 0.2) is 36.7 Å². The van der Waals surface area contributed by atoms with Gasteiger partial charge in [-0.3, -0.25) is 0 Å². The molecule has 0 fully saturated rings. The molecule has 1 atom stereocenters. The molecule has 1 aromatic carbocycles. The van der Waals surface area contributed by atoms with Crippen molar-refractivity contribution in [1.82, 2.24) is 9.55 Å². The number of nitrogens with zero attached hydrogens (tertiary/aromatic N) is 2. The maximum absolute atomic E-state index is 5.74. The summed E-state index contributed by atoms with van der Waals surface area (Å²) in [4.78, 5) is 4.39. The summed E-state index contributed by atoms with van der Waals surface area (Å²) in [7, 11) is 0. The van der Waals surface area contributed by atoms with Crippen LogP contribution in [0.1, 0.15) is 13.0 Å². The van der Waals surface area contributed by atoms with Crippen molar-refractivity contribution in [3.8, 4) is 17.1 Å². The summed E-state index contributed by atoms with van der Waals surface area (Å²) in [6.07, 6.45) is 3.85. The van der Waals surface area contributed by atoms with E-state index in [9.17, 15) is 0 Å². The van der Waals surface area contributed by atoms with Crippen LogP contribution in [0, 0.1) is 0 Å². The zero-order valence-electron chi connectivity index (χ0n) is 8.55. The average molecular weight is 200 g/mol. The van der Waals surface area contributed by atoms with Gasteiger partial charge in [0.2, 0.25) is 0 Å². The third kappa shape index (κ3) is 1.23. The monoisotopic (exact) mass is 200 g/mol. The second-order valence-corrected chi connectivity index (χ2v) is 3.81. The number of benzene rings is 1. The lowest BCUT2D eigenvalue weighted by Gasteiger charge is -2.11. The van der Waals surface area contributed by atoms with Crippen molar-refractivity contribution in [2.45, 2.75) is 13.0 Å². The molecule has 0 amide bonds. The zero-order valence-corrected chi connectivity index (χ0v) is 8.55. The van der Waals surface area contributed by atoms with Crippen molar-refractivity contribution in [2.24, 2.45) is 0 Å². The molecule has 0 aliphatic carbocycles. The van der Waals surface area contributed by atoms with Gasteiger partial charge in [0.1, 0.15) is 18.2 Å². The zero-order chi connectivity index (χ0) is 10.3. The van der Waals surface area contributed by atoms with E-state index in [2.05, 4.69) is 16.5 Å². The molecule has 1 unspecified atom stereocenters. The second-order valence-electron chi connectivity index (χ2n) is 3.81. The summed E-state index contributed by atoms with van der Waals surface area (Å²) in [6.45, 7) is 2.83. The van der Waals surface area contributed by atoms with Crippen LogP contribution in [-0.2, 0) is 0 Å². The molecule has 2 aromatic rings. The van der Waals surface area contributed by atoms with Crippen molar-refractivity contribution < 1.29 is 4.74 Å². The largest absolute Gasteiger partial charge is 0.491 e. The summed E-state index contributed by atoms with van der Waals surface area (Å²) in [6, 6.07) is 8.37. The fourth-order valence-electron chi connectivity index (χ4n) is 1.95. The highest BCUT2D eigenvalue weighted by Gasteiger charge is 2.19. The summed E-state index contributed by atoms with van der Waals surface area (Å²) in [5.74, 6) is 1.92. The SMILES string of the molecule is CC1COc2ccccc2-c2nccn21. The predicted octanol–water partition coefficient (Wildman–Crippen LogP) is 2.50. The fourth-order valence-corrected chi connectivity index (χ4v) is 1.95. The molecular weight excluding hydrogens is 188 g/mol. The molecule has 0 radical (unpaired) electrons. The molecule has 1 aliphatic rings. The smallest absolute Gasteiger partial charge is 0.144 e. The minimum Gasteiger partial charge on any atom is -0.491 e. The maximum atomic E-state index is 5.74. The second kappa shape index (κ2) is 3.12. The Labute approximate surface area is 88.3 Å². The van der Waals surface area contributed by atoms with Gasteiger partial charge in [-0.1, -0.05) is 12.1 Å². The van der Waals surface area contributed by atoms with Crippen LogP contribution in [0.3, 0.4) is 0 Å². The number of hydrogen-bond acceptors (Lipinski definition) is 2. The third-order valence-electron chi connectivity index (χ3n) is 2.75. The summed E-state index contributed by atoms with van der Waals surface area (Å²) >= 11 is 0. The summed E-state index contributed by atoms with van der Waals surface area (Å²) in [5.41, 5.74) is 1.08. The lowest BCUT2D eigenvalue weighted by molar-refractivity contribution is 0.269. The van der Waals surface area contributed by atoms with Crippen LogP contribution in [0.2, 0.25) is 0 Å². The number of rotatable bonds is 0. The molecule has 3 rings (SSSR count). The first-order chi connectivity index (χ1) is 7.36. The normalized spacial score (nSPS) is 18.6. The van der Waals surface area contributed by atoms with E-state index in [4.69, 9.17) is 4.74 Å². The highest BCUT2D eigenvalue weighted by molar-refractivity contribution is 5.65. The molecular formula is C12H12N2O. The molecule has 1 aromatic heterocycles. The lowest BCUT2D eigenvalue weighted by atomic mass is 10.2.